The average Bonchev–Trinajstić information content (AvgIpc) is 2.38. The van der Waals surface area contributed by atoms with E-state index in [1.54, 1.807) is 0 Å². The molecule has 0 heterocycles. The topological polar surface area (TPSA) is 151 Å². The van der Waals surface area contributed by atoms with Crippen molar-refractivity contribution < 1.29 is 24.3 Å². The van der Waals surface area contributed by atoms with Gasteiger partial charge in [0.2, 0.25) is 17.7 Å². The van der Waals surface area contributed by atoms with Crippen molar-refractivity contribution in [1.82, 2.24) is 16.0 Å². The number of aliphatic carboxylic acids is 1. The predicted octanol–water partition coefficient (Wildman–Crippen LogP) is -2.93. The largest absolute Gasteiger partial charge is 0.480 e. The Balaban J connectivity index is 4.21. The van der Waals surface area contributed by atoms with E-state index >= 15 is 0 Å². The Bertz CT molecular complexity index is 388. The predicted molar refractivity (Wildman–Crippen MR) is 73.1 cm³/mol. The van der Waals surface area contributed by atoms with Gasteiger partial charge >= 0.3 is 5.97 Å². The Morgan fingerprint density at radius 1 is 1.15 bits per heavy atom. The van der Waals surface area contributed by atoms with Crippen molar-refractivity contribution in [2.45, 2.75) is 19.0 Å². The van der Waals surface area contributed by atoms with E-state index in [1.165, 1.54) is 6.92 Å². The highest BCUT2D eigenvalue weighted by Gasteiger charge is 2.20. The second-order valence-corrected chi connectivity index (χ2v) is 4.29. The molecule has 0 bridgehead atoms. The first-order valence-corrected chi connectivity index (χ1v) is 6.34. The van der Waals surface area contributed by atoms with Crippen LogP contribution in [0.2, 0.25) is 0 Å². The summed E-state index contributed by atoms with van der Waals surface area (Å²) in [5, 5.41) is 15.1. The molecule has 0 radical (unpaired) electrons. The van der Waals surface area contributed by atoms with Crippen LogP contribution in [0.15, 0.2) is 0 Å². The molecule has 3 amide bonds. The molecule has 10 heteroatoms. The van der Waals surface area contributed by atoms with Crippen LogP contribution in [0.1, 0.15) is 6.92 Å². The number of carboxylic acid groups (broad SMARTS) is 1. The molecule has 0 spiro atoms. The van der Waals surface area contributed by atoms with Gasteiger partial charge in [-0.05, 0) is 6.92 Å². The third kappa shape index (κ3) is 7.59. The van der Waals surface area contributed by atoms with E-state index in [2.05, 4.69) is 28.6 Å². The van der Waals surface area contributed by atoms with E-state index in [-0.39, 0.29) is 12.3 Å². The smallest absolute Gasteiger partial charge is 0.322 e. The fourth-order valence-corrected chi connectivity index (χ4v) is 1.31. The van der Waals surface area contributed by atoms with Crippen LogP contribution in [0.25, 0.3) is 0 Å². The van der Waals surface area contributed by atoms with Gasteiger partial charge in [0.15, 0.2) is 0 Å². The van der Waals surface area contributed by atoms with E-state index < -0.39 is 42.3 Å². The van der Waals surface area contributed by atoms with Crippen molar-refractivity contribution >= 4 is 36.3 Å². The van der Waals surface area contributed by atoms with Gasteiger partial charge in [0.25, 0.3) is 0 Å². The van der Waals surface area contributed by atoms with Crippen LogP contribution < -0.4 is 21.7 Å². The first kappa shape index (κ1) is 18.2. The zero-order valence-electron chi connectivity index (χ0n) is 10.9. The summed E-state index contributed by atoms with van der Waals surface area (Å²) >= 11 is 3.89. The zero-order chi connectivity index (χ0) is 15.7. The van der Waals surface area contributed by atoms with Crippen LogP contribution >= 0.6 is 12.6 Å². The molecule has 20 heavy (non-hydrogen) atoms. The average molecular weight is 306 g/mol. The maximum atomic E-state index is 11.5. The normalized spacial score (nSPS) is 12.9. The number of carbonyl (C=O) groups is 4. The van der Waals surface area contributed by atoms with Crippen molar-refractivity contribution in [2.24, 2.45) is 5.73 Å². The molecule has 0 saturated carbocycles. The number of carbonyl (C=O) groups excluding carboxylic acids is 3. The van der Waals surface area contributed by atoms with Crippen LogP contribution in [0, 0.1) is 0 Å². The maximum Gasteiger partial charge on any atom is 0.322 e. The number of thiol groups is 1. The van der Waals surface area contributed by atoms with Crippen LogP contribution in [-0.2, 0) is 19.2 Å². The standard InChI is InChI=1S/C10H18N4O5S/c1-5(11)9(18)12-2-7(15)14-6(4-20)10(19)13-3-8(16)17/h5-6,20H,2-4,11H2,1H3,(H,12,18)(H,13,19)(H,14,15)(H,16,17). The second kappa shape index (κ2) is 9.15. The van der Waals surface area contributed by atoms with Gasteiger partial charge in [-0.2, -0.15) is 12.6 Å². The van der Waals surface area contributed by atoms with E-state index in [9.17, 15) is 19.2 Å². The maximum absolute atomic E-state index is 11.5. The Labute approximate surface area is 121 Å². The SMILES string of the molecule is CC(N)C(=O)NCC(=O)NC(CS)C(=O)NCC(=O)O. The van der Waals surface area contributed by atoms with Gasteiger partial charge in [0.05, 0.1) is 12.6 Å². The molecule has 6 N–H and O–H groups in total. The molecule has 0 aromatic carbocycles. The molecule has 114 valence electrons. The summed E-state index contributed by atoms with van der Waals surface area (Å²) in [5.41, 5.74) is 5.29. The molecule has 0 aliphatic carbocycles. The fraction of sp³-hybridized carbons (Fsp3) is 0.600. The fourth-order valence-electron chi connectivity index (χ4n) is 1.05. The van der Waals surface area contributed by atoms with Gasteiger partial charge in [-0.15, -0.1) is 0 Å². The summed E-state index contributed by atoms with van der Waals surface area (Å²) in [6.07, 6.45) is 0. The first-order chi connectivity index (χ1) is 9.27. The van der Waals surface area contributed by atoms with Gasteiger partial charge < -0.3 is 26.8 Å². The van der Waals surface area contributed by atoms with E-state index in [0.717, 1.165) is 0 Å². The van der Waals surface area contributed by atoms with Gasteiger partial charge in [-0.1, -0.05) is 0 Å². The van der Waals surface area contributed by atoms with Crippen LogP contribution in [0.3, 0.4) is 0 Å². The minimum atomic E-state index is -1.20. The molecular formula is C10H18N4O5S. The molecule has 0 fully saturated rings. The van der Waals surface area contributed by atoms with Gasteiger partial charge in [-0.3, -0.25) is 19.2 Å². The lowest BCUT2D eigenvalue weighted by atomic mass is 10.3. The van der Waals surface area contributed by atoms with Crippen molar-refractivity contribution in [3.05, 3.63) is 0 Å². The van der Waals surface area contributed by atoms with Gasteiger partial charge in [0, 0.05) is 5.75 Å². The van der Waals surface area contributed by atoms with Gasteiger partial charge in [-0.25, -0.2) is 0 Å². The summed E-state index contributed by atoms with van der Waals surface area (Å²) in [5.74, 6) is -3.00. The second-order valence-electron chi connectivity index (χ2n) is 3.92. The summed E-state index contributed by atoms with van der Waals surface area (Å²) in [4.78, 5) is 44.4. The van der Waals surface area contributed by atoms with E-state index in [1.807, 2.05) is 0 Å². The lowest BCUT2D eigenvalue weighted by Crippen LogP contribution is -2.52. The molecule has 2 unspecified atom stereocenters. The number of rotatable bonds is 8. The van der Waals surface area contributed by atoms with Crippen LogP contribution in [0.4, 0.5) is 0 Å². The van der Waals surface area contributed by atoms with Crippen LogP contribution in [0.5, 0.6) is 0 Å². The monoisotopic (exact) mass is 306 g/mol. The lowest BCUT2D eigenvalue weighted by Gasteiger charge is -2.16. The molecular weight excluding hydrogens is 288 g/mol. The molecule has 0 aromatic heterocycles. The Hall–Kier alpha value is -1.81. The molecule has 0 aliphatic heterocycles. The summed E-state index contributed by atoms with van der Waals surface area (Å²) in [7, 11) is 0. The Morgan fingerprint density at radius 2 is 1.70 bits per heavy atom. The number of hydrogen-bond acceptors (Lipinski definition) is 6. The number of nitrogens with one attached hydrogen (secondary N) is 3. The third-order valence-electron chi connectivity index (χ3n) is 2.08. The molecule has 0 rings (SSSR count). The van der Waals surface area contributed by atoms with Crippen molar-refractivity contribution in [1.29, 1.82) is 0 Å². The van der Waals surface area contributed by atoms with E-state index in [4.69, 9.17) is 10.8 Å². The summed E-state index contributed by atoms with van der Waals surface area (Å²) < 4.78 is 0. The lowest BCUT2D eigenvalue weighted by molar-refractivity contribution is -0.138. The van der Waals surface area contributed by atoms with Crippen LogP contribution in [-0.4, -0.2) is 59.7 Å². The third-order valence-corrected chi connectivity index (χ3v) is 2.45. The minimum Gasteiger partial charge on any atom is -0.480 e. The molecule has 9 nitrogen and oxygen atoms in total. The highest BCUT2D eigenvalue weighted by molar-refractivity contribution is 7.80. The molecule has 2 atom stereocenters. The highest BCUT2D eigenvalue weighted by Crippen LogP contribution is 1.89. The number of nitrogens with two attached hydrogens (primary N) is 1. The Morgan fingerprint density at radius 3 is 2.15 bits per heavy atom. The van der Waals surface area contributed by atoms with E-state index in [0.29, 0.717) is 0 Å². The van der Waals surface area contributed by atoms with Crippen molar-refractivity contribution in [3.63, 3.8) is 0 Å². The van der Waals surface area contributed by atoms with Crippen molar-refractivity contribution in [3.8, 4) is 0 Å². The Kier molecular flexibility index (Phi) is 8.32. The zero-order valence-corrected chi connectivity index (χ0v) is 11.8. The quantitative estimate of drug-likeness (QED) is 0.264. The van der Waals surface area contributed by atoms with Crippen molar-refractivity contribution in [2.75, 3.05) is 18.8 Å². The number of hydrogen-bond donors (Lipinski definition) is 6. The molecule has 0 aliphatic rings. The summed E-state index contributed by atoms with van der Waals surface area (Å²) in [6, 6.07) is -1.74. The van der Waals surface area contributed by atoms with Gasteiger partial charge in [0.1, 0.15) is 12.6 Å². The highest BCUT2D eigenvalue weighted by atomic mass is 32.1. The molecule has 0 saturated heterocycles. The molecule has 0 aromatic rings. The summed E-state index contributed by atoms with van der Waals surface area (Å²) in [6.45, 7) is 0.570. The number of carboxylic acids is 1. The first-order valence-electron chi connectivity index (χ1n) is 5.71. The number of amides is 3. The minimum absolute atomic E-state index is 0.0154.